The number of carboxylic acids is 1. The van der Waals surface area contributed by atoms with Crippen molar-refractivity contribution in [1.29, 1.82) is 0 Å². The smallest absolute Gasteiger partial charge is 0.413 e. The van der Waals surface area contributed by atoms with Gasteiger partial charge in [0.15, 0.2) is 5.82 Å². The van der Waals surface area contributed by atoms with Crippen molar-refractivity contribution in [2.24, 2.45) is 0 Å². The van der Waals surface area contributed by atoms with Gasteiger partial charge in [0.05, 0.1) is 11.6 Å². The number of hydrogen-bond donors (Lipinski definition) is 2. The van der Waals surface area contributed by atoms with E-state index < -0.39 is 24.1 Å². The van der Waals surface area contributed by atoms with E-state index in [-0.39, 0.29) is 0 Å². The van der Waals surface area contributed by atoms with Crippen LogP contribution < -0.4 is 5.32 Å². The number of hydrogen-bond acceptors (Lipinski definition) is 5. The molecule has 0 radical (unpaired) electrons. The van der Waals surface area contributed by atoms with E-state index in [2.05, 4.69) is 22.2 Å². The van der Waals surface area contributed by atoms with Gasteiger partial charge in [0.1, 0.15) is 11.8 Å². The van der Waals surface area contributed by atoms with Gasteiger partial charge >= 0.3 is 12.1 Å². The first-order chi connectivity index (χ1) is 17.9. The number of anilines is 1. The molecule has 2 unspecified atom stereocenters. The van der Waals surface area contributed by atoms with Gasteiger partial charge in [-0.05, 0) is 54.7 Å². The van der Waals surface area contributed by atoms with Crippen LogP contribution in [-0.2, 0) is 9.53 Å². The Labute approximate surface area is 215 Å². The molecule has 0 aliphatic carbocycles. The largest absolute Gasteiger partial charge is 0.481 e. The van der Waals surface area contributed by atoms with E-state index in [4.69, 9.17) is 4.74 Å². The fourth-order valence-corrected chi connectivity index (χ4v) is 4.01. The summed E-state index contributed by atoms with van der Waals surface area (Å²) in [5.74, 6) is -1.06. The van der Waals surface area contributed by atoms with Gasteiger partial charge in [0, 0.05) is 0 Å². The first-order valence-electron chi connectivity index (χ1n) is 11.9. The molecule has 37 heavy (non-hydrogen) atoms. The van der Waals surface area contributed by atoms with Gasteiger partial charge in [-0.25, -0.2) is 4.79 Å². The maximum Gasteiger partial charge on any atom is 0.413 e. The predicted molar refractivity (Wildman–Crippen MR) is 142 cm³/mol. The zero-order valence-electron chi connectivity index (χ0n) is 20.7. The van der Waals surface area contributed by atoms with Gasteiger partial charge in [-0.1, -0.05) is 78.0 Å². The summed E-state index contributed by atoms with van der Waals surface area (Å²) in [6.07, 6.45) is 0.967. The second-order valence-corrected chi connectivity index (χ2v) is 8.60. The number of aromatic nitrogens is 3. The van der Waals surface area contributed by atoms with Crippen molar-refractivity contribution >= 4 is 17.9 Å². The molecule has 4 rings (SSSR count). The highest BCUT2D eigenvalue weighted by molar-refractivity contribution is 5.84. The Bertz CT molecular complexity index is 1380. The Morgan fingerprint density at radius 1 is 1.00 bits per heavy atom. The lowest BCUT2D eigenvalue weighted by atomic mass is 9.94. The standard InChI is InChI=1S/C29H28N4O4/c1-4-8-26(28(34)35)24-13-11-22(12-14-24)23-15-17-25(18-16-23)33-27(19(2)31-32-33)30-29(36)37-20(3)21-9-6-5-7-10-21/h4-7,9-18,20,26H,1,8H2,2-3H3,(H,30,36)(H,34,35). The normalized spacial score (nSPS) is 12.4. The summed E-state index contributed by atoms with van der Waals surface area (Å²) in [6, 6.07) is 24.6. The maximum absolute atomic E-state index is 12.6. The Morgan fingerprint density at radius 3 is 2.22 bits per heavy atom. The molecule has 0 fully saturated rings. The highest BCUT2D eigenvalue weighted by atomic mass is 16.6. The van der Waals surface area contributed by atoms with Crippen molar-refractivity contribution in [2.75, 3.05) is 5.32 Å². The molecule has 0 aliphatic heterocycles. The van der Waals surface area contributed by atoms with E-state index >= 15 is 0 Å². The third kappa shape index (κ3) is 5.92. The summed E-state index contributed by atoms with van der Waals surface area (Å²) in [7, 11) is 0. The van der Waals surface area contributed by atoms with E-state index in [0.29, 0.717) is 23.6 Å². The molecule has 188 valence electrons. The fourth-order valence-electron chi connectivity index (χ4n) is 4.01. The first kappa shape index (κ1) is 25.4. The van der Waals surface area contributed by atoms with Gasteiger partial charge in [-0.15, -0.1) is 11.7 Å². The number of carbonyl (C=O) groups excluding carboxylic acids is 1. The quantitative estimate of drug-likeness (QED) is 0.264. The number of carboxylic acid groups (broad SMARTS) is 1. The highest BCUT2D eigenvalue weighted by Crippen LogP contribution is 2.27. The molecule has 8 heteroatoms. The van der Waals surface area contributed by atoms with Crippen LogP contribution in [0.5, 0.6) is 0 Å². The lowest BCUT2D eigenvalue weighted by Gasteiger charge is -2.15. The minimum Gasteiger partial charge on any atom is -0.481 e. The van der Waals surface area contributed by atoms with Crippen molar-refractivity contribution in [3.05, 3.63) is 108 Å². The van der Waals surface area contributed by atoms with Crippen molar-refractivity contribution in [1.82, 2.24) is 15.0 Å². The van der Waals surface area contributed by atoms with Crippen LogP contribution in [0.3, 0.4) is 0 Å². The molecule has 0 spiro atoms. The summed E-state index contributed by atoms with van der Waals surface area (Å²) < 4.78 is 7.07. The summed E-state index contributed by atoms with van der Waals surface area (Å²) in [5, 5.41) is 20.5. The van der Waals surface area contributed by atoms with Gasteiger partial charge in [-0.2, -0.15) is 4.68 Å². The Kier molecular flexibility index (Phi) is 7.78. The molecular formula is C29H28N4O4. The lowest BCUT2D eigenvalue weighted by Crippen LogP contribution is -2.18. The van der Waals surface area contributed by atoms with Crippen molar-refractivity contribution in [3.63, 3.8) is 0 Å². The third-order valence-corrected chi connectivity index (χ3v) is 6.07. The van der Waals surface area contributed by atoms with Crippen LogP contribution in [-0.4, -0.2) is 32.2 Å². The number of amides is 1. The molecule has 0 saturated carbocycles. The van der Waals surface area contributed by atoms with E-state index in [1.54, 1.807) is 17.7 Å². The number of aliphatic carboxylic acids is 1. The zero-order chi connectivity index (χ0) is 26.4. The van der Waals surface area contributed by atoms with Crippen molar-refractivity contribution < 1.29 is 19.4 Å². The van der Waals surface area contributed by atoms with Crippen molar-refractivity contribution in [3.8, 4) is 16.8 Å². The van der Waals surface area contributed by atoms with Gasteiger partial charge in [0.25, 0.3) is 0 Å². The number of ether oxygens (including phenoxy) is 1. The lowest BCUT2D eigenvalue weighted by molar-refractivity contribution is -0.138. The number of allylic oxidation sites excluding steroid dienone is 1. The molecule has 1 heterocycles. The maximum atomic E-state index is 12.6. The Balaban J connectivity index is 1.48. The van der Waals surface area contributed by atoms with Crippen LogP contribution in [0.25, 0.3) is 16.8 Å². The average molecular weight is 497 g/mol. The predicted octanol–water partition coefficient (Wildman–Crippen LogP) is 6.30. The first-order valence-corrected chi connectivity index (χ1v) is 11.9. The van der Waals surface area contributed by atoms with Crippen LogP contribution in [0.2, 0.25) is 0 Å². The van der Waals surface area contributed by atoms with E-state index in [0.717, 1.165) is 22.3 Å². The van der Waals surface area contributed by atoms with Crippen LogP contribution in [0, 0.1) is 6.92 Å². The Morgan fingerprint density at radius 2 is 1.62 bits per heavy atom. The van der Waals surface area contributed by atoms with Gasteiger partial charge < -0.3 is 9.84 Å². The number of rotatable bonds is 9. The topological polar surface area (TPSA) is 106 Å². The number of nitrogens with zero attached hydrogens (tertiary/aromatic N) is 3. The zero-order valence-corrected chi connectivity index (χ0v) is 20.7. The molecule has 0 bridgehead atoms. The van der Waals surface area contributed by atoms with Crippen LogP contribution in [0.4, 0.5) is 10.6 Å². The van der Waals surface area contributed by atoms with Gasteiger partial charge in [-0.3, -0.25) is 10.1 Å². The monoisotopic (exact) mass is 496 g/mol. The van der Waals surface area contributed by atoms with Crippen LogP contribution in [0.1, 0.15) is 42.2 Å². The minimum absolute atomic E-state index is 0.371. The number of nitrogens with one attached hydrogen (secondary N) is 1. The average Bonchev–Trinajstić information content (AvgIpc) is 3.27. The molecule has 2 N–H and O–H groups in total. The molecule has 2 atom stereocenters. The number of benzene rings is 3. The third-order valence-electron chi connectivity index (χ3n) is 6.07. The molecule has 1 aromatic heterocycles. The molecule has 4 aromatic rings. The molecular weight excluding hydrogens is 468 g/mol. The summed E-state index contributed by atoms with van der Waals surface area (Å²) in [4.78, 5) is 24.1. The van der Waals surface area contributed by atoms with Crippen molar-refractivity contribution in [2.45, 2.75) is 32.3 Å². The molecule has 0 saturated heterocycles. The second kappa shape index (κ2) is 11.3. The molecule has 1 amide bonds. The number of carbonyl (C=O) groups is 2. The van der Waals surface area contributed by atoms with E-state index in [1.807, 2.05) is 85.8 Å². The van der Waals surface area contributed by atoms with E-state index in [9.17, 15) is 14.7 Å². The van der Waals surface area contributed by atoms with E-state index in [1.165, 1.54) is 0 Å². The summed E-state index contributed by atoms with van der Waals surface area (Å²) >= 11 is 0. The van der Waals surface area contributed by atoms with Crippen LogP contribution >= 0.6 is 0 Å². The SMILES string of the molecule is C=CCC(C(=O)O)c1ccc(-c2ccc(-n3nnc(C)c3NC(=O)OC(C)c3ccccc3)cc2)cc1. The summed E-state index contributed by atoms with van der Waals surface area (Å²) in [5.41, 5.74) is 4.79. The Hall–Kier alpha value is -4.72. The minimum atomic E-state index is -0.872. The summed E-state index contributed by atoms with van der Waals surface area (Å²) in [6.45, 7) is 7.22. The number of aryl methyl sites for hydroxylation is 1. The fraction of sp³-hybridized carbons (Fsp3) is 0.172. The molecule has 3 aromatic carbocycles. The molecule has 0 aliphatic rings. The van der Waals surface area contributed by atoms with Gasteiger partial charge in [0.2, 0.25) is 0 Å². The highest BCUT2D eigenvalue weighted by Gasteiger charge is 2.19. The van der Waals surface area contributed by atoms with Crippen LogP contribution in [0.15, 0.2) is 91.5 Å². The second-order valence-electron chi connectivity index (χ2n) is 8.60. The molecule has 8 nitrogen and oxygen atoms in total.